The maximum atomic E-state index is 11.7. The molecule has 0 saturated heterocycles. The summed E-state index contributed by atoms with van der Waals surface area (Å²) < 4.78 is 5.18. The molecule has 1 aromatic rings. The molecular formula is C13H20ClNO3S. The second-order valence-electron chi connectivity index (χ2n) is 5.26. The van der Waals surface area contributed by atoms with Crippen LogP contribution in [0.4, 0.5) is 4.79 Å². The van der Waals surface area contributed by atoms with Gasteiger partial charge in [0, 0.05) is 11.3 Å². The Morgan fingerprint density at radius 2 is 2.26 bits per heavy atom. The van der Waals surface area contributed by atoms with Gasteiger partial charge in [0.2, 0.25) is 0 Å². The lowest BCUT2D eigenvalue weighted by Gasteiger charge is -2.25. The molecule has 19 heavy (non-hydrogen) atoms. The topological polar surface area (TPSA) is 58.6 Å². The van der Waals surface area contributed by atoms with E-state index in [1.54, 1.807) is 32.1 Å². The molecule has 0 spiro atoms. The third-order valence-electron chi connectivity index (χ3n) is 2.33. The van der Waals surface area contributed by atoms with Crippen molar-refractivity contribution in [1.29, 1.82) is 0 Å². The number of rotatable bonds is 5. The molecule has 1 aromatic heterocycles. The van der Waals surface area contributed by atoms with Crippen LogP contribution in [0, 0.1) is 0 Å². The van der Waals surface area contributed by atoms with Gasteiger partial charge in [-0.25, -0.2) is 4.79 Å². The molecule has 1 heterocycles. The lowest BCUT2D eigenvalue weighted by Crippen LogP contribution is -2.47. The largest absolute Gasteiger partial charge is 0.444 e. The number of carbonyl (C=O) groups excluding carboxylic acids is 1. The fourth-order valence-electron chi connectivity index (χ4n) is 1.50. The van der Waals surface area contributed by atoms with Crippen molar-refractivity contribution in [3.63, 3.8) is 0 Å². The van der Waals surface area contributed by atoms with E-state index in [-0.39, 0.29) is 5.88 Å². The van der Waals surface area contributed by atoms with Gasteiger partial charge in [0.1, 0.15) is 5.60 Å². The van der Waals surface area contributed by atoms with E-state index in [1.807, 2.05) is 17.5 Å². The van der Waals surface area contributed by atoms with Gasteiger partial charge in [-0.05, 0) is 32.2 Å². The monoisotopic (exact) mass is 305 g/mol. The molecule has 1 rings (SSSR count). The summed E-state index contributed by atoms with van der Waals surface area (Å²) in [5, 5.41) is 14.5. The summed E-state index contributed by atoms with van der Waals surface area (Å²) in [6.45, 7) is 5.37. The highest BCUT2D eigenvalue weighted by Crippen LogP contribution is 2.14. The van der Waals surface area contributed by atoms with Crippen LogP contribution in [0.2, 0.25) is 0 Å². The van der Waals surface area contributed by atoms with Crippen LogP contribution < -0.4 is 5.32 Å². The predicted molar refractivity (Wildman–Crippen MR) is 77.9 cm³/mol. The van der Waals surface area contributed by atoms with Crippen molar-refractivity contribution < 1.29 is 14.6 Å². The molecule has 0 aliphatic heterocycles. The second-order valence-corrected chi connectivity index (χ2v) is 6.60. The van der Waals surface area contributed by atoms with Gasteiger partial charge in [-0.2, -0.15) is 0 Å². The van der Waals surface area contributed by atoms with Crippen LogP contribution in [0.3, 0.4) is 0 Å². The quantitative estimate of drug-likeness (QED) is 0.822. The van der Waals surface area contributed by atoms with Crippen molar-refractivity contribution in [3.8, 4) is 0 Å². The van der Waals surface area contributed by atoms with E-state index in [0.29, 0.717) is 6.42 Å². The Balaban J connectivity index is 2.62. The zero-order chi connectivity index (χ0) is 14.5. The fraction of sp³-hybridized carbons (Fsp3) is 0.615. The number of thiophene rings is 1. The zero-order valence-corrected chi connectivity index (χ0v) is 12.9. The van der Waals surface area contributed by atoms with Crippen LogP contribution >= 0.6 is 22.9 Å². The van der Waals surface area contributed by atoms with Crippen LogP contribution in [0.25, 0.3) is 0 Å². The highest BCUT2D eigenvalue weighted by Gasteiger charge is 2.24. The lowest BCUT2D eigenvalue weighted by molar-refractivity contribution is 0.0440. The number of hydrogen-bond donors (Lipinski definition) is 2. The zero-order valence-electron chi connectivity index (χ0n) is 11.4. The molecule has 0 aromatic carbocycles. The van der Waals surface area contributed by atoms with Crippen LogP contribution in [-0.4, -0.2) is 34.8 Å². The third-order valence-corrected chi connectivity index (χ3v) is 3.54. The molecule has 0 saturated carbocycles. The molecule has 0 radical (unpaired) electrons. The number of aliphatic hydroxyl groups excluding tert-OH is 1. The summed E-state index contributed by atoms with van der Waals surface area (Å²) in [5.74, 6) is 0.0613. The van der Waals surface area contributed by atoms with Crippen molar-refractivity contribution in [2.75, 3.05) is 5.88 Å². The summed E-state index contributed by atoms with van der Waals surface area (Å²) in [6, 6.07) is 3.43. The normalized spacial score (nSPS) is 14.8. The number of halogens is 1. The Hall–Kier alpha value is -0.780. The fourth-order valence-corrected chi connectivity index (χ4v) is 2.48. The molecule has 6 heteroatoms. The predicted octanol–water partition coefficient (Wildman–Crippen LogP) is 2.78. The Labute approximate surface area is 122 Å². The molecule has 2 atom stereocenters. The summed E-state index contributed by atoms with van der Waals surface area (Å²) in [4.78, 5) is 12.8. The summed E-state index contributed by atoms with van der Waals surface area (Å²) in [7, 11) is 0. The first kappa shape index (κ1) is 16.3. The Morgan fingerprint density at radius 3 is 2.74 bits per heavy atom. The molecule has 0 bridgehead atoms. The Kier molecular flexibility index (Phi) is 6.10. The van der Waals surface area contributed by atoms with Gasteiger partial charge < -0.3 is 15.2 Å². The Morgan fingerprint density at radius 1 is 1.58 bits per heavy atom. The molecule has 108 valence electrons. The maximum Gasteiger partial charge on any atom is 0.407 e. The van der Waals surface area contributed by atoms with Gasteiger partial charge in [0.25, 0.3) is 0 Å². The minimum Gasteiger partial charge on any atom is -0.444 e. The van der Waals surface area contributed by atoms with E-state index in [0.717, 1.165) is 4.88 Å². The van der Waals surface area contributed by atoms with Crippen molar-refractivity contribution in [2.24, 2.45) is 0 Å². The number of hydrogen-bond acceptors (Lipinski definition) is 4. The maximum absolute atomic E-state index is 11.7. The minimum absolute atomic E-state index is 0.0613. The number of amides is 1. The van der Waals surface area contributed by atoms with Crippen molar-refractivity contribution in [1.82, 2.24) is 5.32 Å². The van der Waals surface area contributed by atoms with E-state index < -0.39 is 23.8 Å². The number of nitrogens with one attached hydrogen (secondary N) is 1. The van der Waals surface area contributed by atoms with E-state index in [4.69, 9.17) is 16.3 Å². The first-order valence-corrected chi connectivity index (χ1v) is 7.49. The van der Waals surface area contributed by atoms with Crippen molar-refractivity contribution >= 4 is 29.0 Å². The third kappa shape index (κ3) is 6.27. The van der Waals surface area contributed by atoms with E-state index >= 15 is 0 Å². The highest BCUT2D eigenvalue weighted by atomic mass is 35.5. The van der Waals surface area contributed by atoms with Gasteiger partial charge in [0.15, 0.2) is 0 Å². The lowest BCUT2D eigenvalue weighted by atomic mass is 10.1. The van der Waals surface area contributed by atoms with Gasteiger partial charge in [-0.15, -0.1) is 22.9 Å². The average Bonchev–Trinajstić information content (AvgIpc) is 2.77. The minimum atomic E-state index is -0.809. The highest BCUT2D eigenvalue weighted by molar-refractivity contribution is 7.09. The van der Waals surface area contributed by atoms with E-state index in [2.05, 4.69) is 5.32 Å². The Bertz CT molecular complexity index is 389. The summed E-state index contributed by atoms with van der Waals surface area (Å²) in [6.07, 6.45) is -0.820. The number of ether oxygens (including phenoxy) is 1. The molecular weight excluding hydrogens is 286 g/mol. The van der Waals surface area contributed by atoms with Crippen molar-refractivity contribution in [3.05, 3.63) is 22.4 Å². The van der Waals surface area contributed by atoms with Crippen LogP contribution in [0.15, 0.2) is 17.5 Å². The first-order chi connectivity index (χ1) is 8.81. The van der Waals surface area contributed by atoms with E-state index in [9.17, 15) is 9.90 Å². The van der Waals surface area contributed by atoms with Crippen LogP contribution in [0.1, 0.15) is 25.6 Å². The van der Waals surface area contributed by atoms with E-state index in [1.165, 1.54) is 0 Å². The molecule has 0 fully saturated rings. The number of carbonyl (C=O) groups is 1. The number of alkyl halides is 1. The molecule has 1 amide bonds. The average molecular weight is 306 g/mol. The molecule has 4 nitrogen and oxygen atoms in total. The first-order valence-electron chi connectivity index (χ1n) is 6.08. The molecule has 0 unspecified atom stereocenters. The van der Waals surface area contributed by atoms with Crippen LogP contribution in [-0.2, 0) is 11.2 Å². The second kappa shape index (κ2) is 7.12. The smallest absolute Gasteiger partial charge is 0.407 e. The van der Waals surface area contributed by atoms with Crippen molar-refractivity contribution in [2.45, 2.75) is 44.9 Å². The number of alkyl carbamates (subject to hydrolysis) is 1. The standard InChI is InChI=1S/C13H20ClNO3S/c1-13(2,3)18-12(17)15-10(11(16)8-14)7-9-5-4-6-19-9/h4-6,10-11,16H,7-8H2,1-3H3,(H,15,17)/t10-,11+/m1/s1. The summed E-state index contributed by atoms with van der Waals surface area (Å²) >= 11 is 7.24. The molecule has 0 aliphatic rings. The summed E-state index contributed by atoms with van der Waals surface area (Å²) in [5.41, 5.74) is -0.566. The van der Waals surface area contributed by atoms with Gasteiger partial charge in [0.05, 0.1) is 18.0 Å². The van der Waals surface area contributed by atoms with Gasteiger partial charge >= 0.3 is 6.09 Å². The van der Waals surface area contributed by atoms with Crippen LogP contribution in [0.5, 0.6) is 0 Å². The molecule has 0 aliphatic carbocycles. The van der Waals surface area contributed by atoms with Gasteiger partial charge in [-0.3, -0.25) is 0 Å². The SMILES string of the molecule is CC(C)(C)OC(=O)N[C@H](Cc1cccs1)[C@@H](O)CCl. The number of aliphatic hydroxyl groups is 1. The van der Waals surface area contributed by atoms with Gasteiger partial charge in [-0.1, -0.05) is 6.07 Å². The molecule has 2 N–H and O–H groups in total.